The normalized spacial score (nSPS) is 16.0. The number of benzene rings is 2. The van der Waals surface area contributed by atoms with Gasteiger partial charge in [0.05, 0.1) is 18.3 Å². The average molecular weight is 390 g/mol. The molecule has 3 aromatic rings. The van der Waals surface area contributed by atoms with Crippen molar-refractivity contribution in [2.45, 2.75) is 32.4 Å². The van der Waals surface area contributed by atoms with Crippen molar-refractivity contribution in [3.8, 4) is 11.4 Å². The Bertz CT molecular complexity index is 921. The van der Waals surface area contributed by atoms with Gasteiger partial charge in [0, 0.05) is 25.5 Å². The molecule has 2 aromatic carbocycles. The summed E-state index contributed by atoms with van der Waals surface area (Å²) in [5.74, 6) is 0.865. The maximum atomic E-state index is 12.8. The van der Waals surface area contributed by atoms with Crippen LogP contribution < -0.4 is 10.1 Å². The Labute approximate surface area is 171 Å². The second-order valence-electron chi connectivity index (χ2n) is 7.13. The molecule has 0 saturated carbocycles. The van der Waals surface area contributed by atoms with Crippen molar-refractivity contribution in [1.29, 1.82) is 0 Å². The van der Waals surface area contributed by atoms with Gasteiger partial charge in [-0.1, -0.05) is 24.3 Å². The number of carbonyl (C=O) groups is 1. The number of amides is 2. The first kappa shape index (κ1) is 19.1. The first-order valence-electron chi connectivity index (χ1n) is 10.1. The van der Waals surface area contributed by atoms with E-state index in [-0.39, 0.29) is 12.1 Å². The molecule has 2 heterocycles. The molecule has 0 bridgehead atoms. The van der Waals surface area contributed by atoms with Crippen LogP contribution >= 0.6 is 0 Å². The summed E-state index contributed by atoms with van der Waals surface area (Å²) in [5.41, 5.74) is 3.22. The van der Waals surface area contributed by atoms with E-state index < -0.39 is 0 Å². The van der Waals surface area contributed by atoms with Gasteiger partial charge < -0.3 is 15.0 Å². The number of nitrogens with one attached hydrogen (secondary N) is 1. The minimum atomic E-state index is -0.0162. The third kappa shape index (κ3) is 4.42. The number of hydrogen-bond donors (Lipinski definition) is 1. The van der Waals surface area contributed by atoms with E-state index in [0.717, 1.165) is 42.0 Å². The van der Waals surface area contributed by atoms with Gasteiger partial charge in [0.1, 0.15) is 5.75 Å². The van der Waals surface area contributed by atoms with E-state index in [1.54, 1.807) is 6.20 Å². The second-order valence-corrected chi connectivity index (χ2v) is 7.13. The van der Waals surface area contributed by atoms with Gasteiger partial charge >= 0.3 is 6.03 Å². The van der Waals surface area contributed by atoms with Crippen LogP contribution in [0.5, 0.6) is 5.75 Å². The summed E-state index contributed by atoms with van der Waals surface area (Å²) in [6.07, 6.45) is 5.67. The molecule has 1 aromatic heterocycles. The number of aromatic nitrogens is 2. The molecule has 0 radical (unpaired) electrons. The summed E-state index contributed by atoms with van der Waals surface area (Å²) in [6.45, 7) is 3.91. The fourth-order valence-corrected chi connectivity index (χ4v) is 3.78. The summed E-state index contributed by atoms with van der Waals surface area (Å²) in [6, 6.07) is 18.1. The monoisotopic (exact) mass is 390 g/mol. The van der Waals surface area contributed by atoms with Crippen LogP contribution in [-0.2, 0) is 6.54 Å². The molecule has 1 unspecified atom stereocenters. The van der Waals surface area contributed by atoms with Crippen molar-refractivity contribution < 1.29 is 9.53 Å². The Balaban J connectivity index is 1.36. The number of ether oxygens (including phenoxy) is 1. The molecule has 1 N–H and O–H groups in total. The smallest absolute Gasteiger partial charge is 0.318 e. The summed E-state index contributed by atoms with van der Waals surface area (Å²) in [4.78, 5) is 14.7. The van der Waals surface area contributed by atoms with Gasteiger partial charge in [0.15, 0.2) is 0 Å². The van der Waals surface area contributed by atoms with E-state index >= 15 is 0 Å². The molecule has 6 heteroatoms. The quantitative estimate of drug-likeness (QED) is 0.682. The zero-order valence-electron chi connectivity index (χ0n) is 16.6. The van der Waals surface area contributed by atoms with Crippen LogP contribution in [0.3, 0.4) is 0 Å². The topological polar surface area (TPSA) is 59.4 Å². The van der Waals surface area contributed by atoms with Gasteiger partial charge in [0.25, 0.3) is 0 Å². The third-order valence-corrected chi connectivity index (χ3v) is 5.24. The predicted octanol–water partition coefficient (Wildman–Crippen LogP) is 4.32. The van der Waals surface area contributed by atoms with Crippen molar-refractivity contribution >= 4 is 6.03 Å². The van der Waals surface area contributed by atoms with Crippen LogP contribution in [0.25, 0.3) is 5.69 Å². The van der Waals surface area contributed by atoms with Crippen molar-refractivity contribution in [1.82, 2.24) is 20.0 Å². The average Bonchev–Trinajstić information content (AvgIpc) is 3.45. The lowest BCUT2D eigenvalue weighted by molar-refractivity contribution is 0.192. The first-order chi connectivity index (χ1) is 14.2. The van der Waals surface area contributed by atoms with Crippen molar-refractivity contribution in [2.75, 3.05) is 13.2 Å². The Morgan fingerprint density at radius 1 is 1.17 bits per heavy atom. The molecule has 1 atom stereocenters. The second kappa shape index (κ2) is 8.82. The summed E-state index contributed by atoms with van der Waals surface area (Å²) >= 11 is 0. The summed E-state index contributed by atoms with van der Waals surface area (Å²) in [7, 11) is 0. The lowest BCUT2D eigenvalue weighted by Gasteiger charge is -2.25. The van der Waals surface area contributed by atoms with Gasteiger partial charge in [-0.05, 0) is 61.2 Å². The largest absolute Gasteiger partial charge is 0.494 e. The zero-order valence-corrected chi connectivity index (χ0v) is 16.6. The SMILES string of the molecule is CCOc1ccc(C2CCCN2C(=O)NCc2ccc(-n3cccn3)cc2)cc1. The maximum Gasteiger partial charge on any atom is 0.318 e. The Kier molecular flexibility index (Phi) is 5.79. The Morgan fingerprint density at radius 3 is 2.66 bits per heavy atom. The standard InChI is InChI=1S/C23H26N4O2/c1-2-29-21-12-8-19(9-13-21)22-5-3-15-26(22)23(28)24-17-18-6-10-20(11-7-18)27-16-4-14-25-27/h4,6-14,16,22H,2-3,5,15,17H2,1H3,(H,24,28). The zero-order chi connectivity index (χ0) is 20.1. The molecule has 1 aliphatic rings. The maximum absolute atomic E-state index is 12.8. The Morgan fingerprint density at radius 2 is 1.97 bits per heavy atom. The third-order valence-electron chi connectivity index (χ3n) is 5.24. The minimum Gasteiger partial charge on any atom is -0.494 e. The highest BCUT2D eigenvalue weighted by Gasteiger charge is 2.29. The Hall–Kier alpha value is -3.28. The van der Waals surface area contributed by atoms with E-state index in [4.69, 9.17) is 4.74 Å². The number of likely N-dealkylation sites (tertiary alicyclic amines) is 1. The van der Waals surface area contributed by atoms with Gasteiger partial charge in [0.2, 0.25) is 0 Å². The van der Waals surface area contributed by atoms with Crippen LogP contribution in [0.1, 0.15) is 36.9 Å². The molecule has 1 aliphatic heterocycles. The van der Waals surface area contributed by atoms with Crippen molar-refractivity contribution in [3.05, 3.63) is 78.1 Å². The molecule has 6 nitrogen and oxygen atoms in total. The van der Waals surface area contributed by atoms with Crippen molar-refractivity contribution in [2.24, 2.45) is 0 Å². The fourth-order valence-electron chi connectivity index (χ4n) is 3.78. The van der Waals surface area contributed by atoms with Crippen LogP contribution in [0, 0.1) is 0 Å². The summed E-state index contributed by atoms with van der Waals surface area (Å²) in [5, 5.41) is 7.29. The number of rotatable bonds is 6. The first-order valence-corrected chi connectivity index (χ1v) is 10.1. The highest BCUT2D eigenvalue weighted by Crippen LogP contribution is 2.32. The molecule has 150 valence electrons. The highest BCUT2D eigenvalue weighted by atomic mass is 16.5. The van der Waals surface area contributed by atoms with E-state index in [0.29, 0.717) is 13.2 Å². The number of nitrogens with zero attached hydrogens (tertiary/aromatic N) is 3. The predicted molar refractivity (Wildman–Crippen MR) is 112 cm³/mol. The number of carbonyl (C=O) groups excluding carboxylic acids is 1. The molecule has 1 saturated heterocycles. The van der Waals surface area contributed by atoms with Crippen LogP contribution in [0.4, 0.5) is 4.79 Å². The summed E-state index contributed by atoms with van der Waals surface area (Å²) < 4.78 is 7.33. The molecule has 0 spiro atoms. The lowest BCUT2D eigenvalue weighted by atomic mass is 10.0. The number of hydrogen-bond acceptors (Lipinski definition) is 3. The fraction of sp³-hybridized carbons (Fsp3) is 0.304. The van der Waals surface area contributed by atoms with Crippen molar-refractivity contribution in [3.63, 3.8) is 0 Å². The van der Waals surface area contributed by atoms with Gasteiger partial charge in [-0.25, -0.2) is 9.48 Å². The molecule has 0 aliphatic carbocycles. The molecule has 29 heavy (non-hydrogen) atoms. The van der Waals surface area contributed by atoms with E-state index in [1.807, 2.05) is 65.2 Å². The van der Waals surface area contributed by atoms with E-state index in [9.17, 15) is 4.79 Å². The molecule has 2 amide bonds. The van der Waals surface area contributed by atoms with E-state index in [1.165, 1.54) is 0 Å². The molecule has 4 rings (SSSR count). The lowest BCUT2D eigenvalue weighted by Crippen LogP contribution is -2.39. The van der Waals surface area contributed by atoms with Crippen LogP contribution in [0.2, 0.25) is 0 Å². The van der Waals surface area contributed by atoms with Gasteiger partial charge in [-0.3, -0.25) is 0 Å². The van der Waals surface area contributed by atoms with E-state index in [2.05, 4.69) is 22.5 Å². The van der Waals surface area contributed by atoms with Crippen LogP contribution in [0.15, 0.2) is 67.0 Å². The molecular weight excluding hydrogens is 364 g/mol. The molecular formula is C23H26N4O2. The van der Waals surface area contributed by atoms with Gasteiger partial charge in [-0.2, -0.15) is 5.10 Å². The number of urea groups is 1. The van der Waals surface area contributed by atoms with Crippen LogP contribution in [-0.4, -0.2) is 33.9 Å². The highest BCUT2D eigenvalue weighted by molar-refractivity contribution is 5.75. The molecule has 1 fully saturated rings. The minimum absolute atomic E-state index is 0.0162. The van der Waals surface area contributed by atoms with Gasteiger partial charge in [-0.15, -0.1) is 0 Å².